The van der Waals surface area contributed by atoms with Crippen molar-refractivity contribution in [1.29, 1.82) is 0 Å². The van der Waals surface area contributed by atoms with Crippen molar-refractivity contribution in [3.05, 3.63) is 47.2 Å². The van der Waals surface area contributed by atoms with E-state index in [1.165, 1.54) is 35.7 Å². The second-order valence-electron chi connectivity index (χ2n) is 7.66. The normalized spacial score (nSPS) is 19.2. The van der Waals surface area contributed by atoms with Gasteiger partial charge in [-0.25, -0.2) is 4.57 Å². The zero-order valence-corrected chi connectivity index (χ0v) is 21.6. The van der Waals surface area contributed by atoms with Gasteiger partial charge >= 0.3 is 0 Å². The fourth-order valence-electron chi connectivity index (χ4n) is 3.61. The zero-order chi connectivity index (χ0) is 26.7. The number of anilines is 1. The van der Waals surface area contributed by atoms with E-state index in [1.807, 2.05) is 0 Å². The molecular weight excluding hydrogens is 544 g/mol. The maximum Gasteiger partial charge on any atom is 0.278 e. The molecule has 14 nitrogen and oxygen atoms in total. The van der Waals surface area contributed by atoms with Crippen LogP contribution in [-0.4, -0.2) is 73.0 Å². The summed E-state index contributed by atoms with van der Waals surface area (Å²) in [6.07, 6.45) is 4.94. The SMILES string of the molecule is CSCO/N=C(\C(=O)NC1C(=O)N2C(C(=O)[O-])=C(C[n+]3ccc(C(N)=O)cc3)CS[C@H]12)c1nsc(N)n1. The number of β-lactam (4-membered cyclic amide) rings is 1. The van der Waals surface area contributed by atoms with Crippen LogP contribution in [0.2, 0.25) is 0 Å². The summed E-state index contributed by atoms with van der Waals surface area (Å²) in [5.74, 6) is -3.12. The van der Waals surface area contributed by atoms with Crippen molar-refractivity contribution < 1.29 is 33.7 Å². The van der Waals surface area contributed by atoms with Crippen LogP contribution in [-0.2, 0) is 25.8 Å². The number of carboxylic acids is 1. The molecule has 4 heterocycles. The van der Waals surface area contributed by atoms with Crippen LogP contribution in [0.4, 0.5) is 5.13 Å². The topological polar surface area (TPSA) is 210 Å². The van der Waals surface area contributed by atoms with Crippen LogP contribution in [0.25, 0.3) is 0 Å². The third kappa shape index (κ3) is 5.52. The van der Waals surface area contributed by atoms with Gasteiger partial charge < -0.3 is 31.5 Å². The Morgan fingerprint density at radius 1 is 1.38 bits per heavy atom. The summed E-state index contributed by atoms with van der Waals surface area (Å²) in [7, 11) is 0. The predicted molar refractivity (Wildman–Crippen MR) is 133 cm³/mol. The number of carbonyl (C=O) groups excluding carboxylic acids is 4. The second kappa shape index (κ2) is 11.1. The second-order valence-corrected chi connectivity index (χ2v) is 10.4. The lowest BCUT2D eigenvalue weighted by Crippen LogP contribution is -2.71. The summed E-state index contributed by atoms with van der Waals surface area (Å²) in [6.45, 7) is 0.142. The minimum absolute atomic E-state index is 0.0574. The van der Waals surface area contributed by atoms with E-state index in [4.69, 9.17) is 16.3 Å². The van der Waals surface area contributed by atoms with Crippen molar-refractivity contribution in [2.24, 2.45) is 10.9 Å². The number of amides is 3. The molecule has 0 radical (unpaired) electrons. The number of nitrogen functional groups attached to an aromatic ring is 1. The number of carboxylic acid groups (broad SMARTS) is 1. The molecule has 0 aliphatic carbocycles. The van der Waals surface area contributed by atoms with E-state index in [0.717, 1.165) is 16.4 Å². The number of hydrogen-bond acceptors (Lipinski definition) is 13. The third-order valence-electron chi connectivity index (χ3n) is 5.27. The Hall–Kier alpha value is -3.70. The van der Waals surface area contributed by atoms with Crippen LogP contribution < -0.4 is 26.5 Å². The fourth-order valence-corrected chi connectivity index (χ4v) is 5.54. The summed E-state index contributed by atoms with van der Waals surface area (Å²) in [4.78, 5) is 59.4. The average molecular weight is 565 g/mol. The Kier molecular flexibility index (Phi) is 7.94. The molecule has 2 aliphatic rings. The highest BCUT2D eigenvalue weighted by atomic mass is 32.2. The van der Waals surface area contributed by atoms with Crippen LogP contribution in [0.1, 0.15) is 16.2 Å². The molecule has 37 heavy (non-hydrogen) atoms. The highest BCUT2D eigenvalue weighted by Crippen LogP contribution is 2.40. The van der Waals surface area contributed by atoms with Gasteiger partial charge in [-0.15, -0.1) is 23.5 Å². The van der Waals surface area contributed by atoms with Gasteiger partial charge in [-0.2, -0.15) is 9.36 Å². The third-order valence-corrected chi connectivity index (χ3v) is 7.49. The molecule has 1 fully saturated rings. The number of hydrogen-bond donors (Lipinski definition) is 3. The van der Waals surface area contributed by atoms with Crippen molar-refractivity contribution in [2.45, 2.75) is 18.0 Å². The number of nitrogens with one attached hydrogen (secondary N) is 1. The van der Waals surface area contributed by atoms with Crippen LogP contribution in [0.3, 0.4) is 0 Å². The summed E-state index contributed by atoms with van der Waals surface area (Å²) in [5.41, 5.74) is 11.1. The molecule has 3 amide bonds. The lowest BCUT2D eigenvalue weighted by Gasteiger charge is -2.50. The van der Waals surface area contributed by atoms with E-state index in [9.17, 15) is 24.3 Å². The highest BCUT2D eigenvalue weighted by Gasteiger charge is 2.53. The molecule has 2 aromatic rings. The quantitative estimate of drug-likeness (QED) is 0.0694. The smallest absolute Gasteiger partial charge is 0.278 e. The molecule has 1 unspecified atom stereocenters. The first kappa shape index (κ1) is 26.4. The number of aromatic nitrogens is 3. The predicted octanol–water partition coefficient (Wildman–Crippen LogP) is -2.35. The lowest BCUT2D eigenvalue weighted by molar-refractivity contribution is -0.689. The number of oxime groups is 1. The Labute approximate surface area is 222 Å². The van der Waals surface area contributed by atoms with Gasteiger partial charge in [-0.05, 0) is 6.26 Å². The lowest BCUT2D eigenvalue weighted by atomic mass is 10.0. The molecule has 4 rings (SSSR count). The first-order chi connectivity index (χ1) is 17.7. The highest BCUT2D eigenvalue weighted by molar-refractivity contribution is 8.00. The maximum absolute atomic E-state index is 13.0. The molecule has 0 spiro atoms. The monoisotopic (exact) mass is 564 g/mol. The van der Waals surface area contributed by atoms with Crippen molar-refractivity contribution in [1.82, 2.24) is 19.6 Å². The van der Waals surface area contributed by atoms with E-state index in [2.05, 4.69) is 19.8 Å². The van der Waals surface area contributed by atoms with Gasteiger partial charge in [0.2, 0.25) is 17.4 Å². The van der Waals surface area contributed by atoms with Crippen LogP contribution in [0.5, 0.6) is 0 Å². The number of carbonyl (C=O) groups is 4. The minimum atomic E-state index is -1.51. The number of pyridine rings is 1. The molecule has 0 saturated carbocycles. The Morgan fingerprint density at radius 2 is 2.11 bits per heavy atom. The van der Waals surface area contributed by atoms with Crippen molar-refractivity contribution in [2.75, 3.05) is 23.7 Å². The van der Waals surface area contributed by atoms with Gasteiger partial charge in [0.25, 0.3) is 11.8 Å². The average Bonchev–Trinajstić information content (AvgIpc) is 3.30. The fraction of sp³-hybridized carbons (Fsp3) is 0.300. The molecule has 2 aliphatic heterocycles. The number of nitrogens with zero attached hydrogens (tertiary/aromatic N) is 5. The maximum atomic E-state index is 13.0. The van der Waals surface area contributed by atoms with Gasteiger partial charge in [0.1, 0.15) is 11.4 Å². The van der Waals surface area contributed by atoms with Crippen LogP contribution in [0, 0.1) is 0 Å². The van der Waals surface area contributed by atoms with Gasteiger partial charge in [-0.3, -0.25) is 19.3 Å². The van der Waals surface area contributed by atoms with Gasteiger partial charge in [0.05, 0.1) is 17.2 Å². The van der Waals surface area contributed by atoms with E-state index in [0.29, 0.717) is 11.1 Å². The Balaban J connectivity index is 1.51. The Bertz CT molecular complexity index is 1310. The number of thioether (sulfide) groups is 2. The van der Waals surface area contributed by atoms with Crippen molar-refractivity contribution >= 4 is 69.6 Å². The van der Waals surface area contributed by atoms with Crippen molar-refractivity contribution in [3.8, 4) is 0 Å². The number of primary amides is 1. The number of fused-ring (bicyclic) bond motifs is 1. The first-order valence-electron chi connectivity index (χ1n) is 10.5. The first-order valence-corrected chi connectivity index (χ1v) is 13.7. The minimum Gasteiger partial charge on any atom is -0.543 e. The van der Waals surface area contributed by atoms with Crippen molar-refractivity contribution in [3.63, 3.8) is 0 Å². The molecule has 2 atom stereocenters. The van der Waals surface area contributed by atoms with E-state index < -0.39 is 35.1 Å². The summed E-state index contributed by atoms with van der Waals surface area (Å²) < 4.78 is 5.62. The van der Waals surface area contributed by atoms with Crippen LogP contribution in [0.15, 0.2) is 41.0 Å². The number of nitrogens with two attached hydrogens (primary N) is 2. The molecule has 0 bridgehead atoms. The zero-order valence-electron chi connectivity index (χ0n) is 19.2. The molecule has 5 N–H and O–H groups in total. The molecule has 17 heteroatoms. The number of rotatable bonds is 10. The van der Waals surface area contributed by atoms with Gasteiger partial charge in [-0.1, -0.05) is 5.16 Å². The Morgan fingerprint density at radius 3 is 2.70 bits per heavy atom. The summed E-state index contributed by atoms with van der Waals surface area (Å²) >= 11 is 3.48. The summed E-state index contributed by atoms with van der Waals surface area (Å²) in [5, 5.41) is 17.8. The molecule has 0 aromatic carbocycles. The molecule has 2 aromatic heterocycles. The van der Waals surface area contributed by atoms with Crippen LogP contribution >= 0.6 is 35.1 Å². The summed E-state index contributed by atoms with van der Waals surface area (Å²) in [6, 6.07) is 2.00. The van der Waals surface area contributed by atoms with E-state index in [1.54, 1.807) is 23.2 Å². The van der Waals surface area contributed by atoms with Gasteiger partial charge in [0, 0.05) is 35.0 Å². The standard InChI is InChI=1S/C20H20N8O6S3/c1-35-8-34-25-11(15-24-20(22)37-26-15)16(30)23-12-17(31)28-13(19(32)33)10(7-36-18(12)28)6-27-4-2-9(3-5-27)14(21)29/h2-5,12,18H,6-8H2,1H3,(H5-,21,22,23,24,26,29,30,32,33)/b25-11-/t12?,18-/m1/s1. The van der Waals surface area contributed by atoms with E-state index in [-0.39, 0.29) is 40.6 Å². The van der Waals surface area contributed by atoms with E-state index >= 15 is 0 Å². The molecular formula is C20H20N8O6S3. The van der Waals surface area contributed by atoms with Gasteiger partial charge in [0.15, 0.2) is 30.0 Å². The molecule has 1 saturated heterocycles. The largest absolute Gasteiger partial charge is 0.543 e. The number of aliphatic carboxylic acids is 1. The molecule has 194 valence electrons.